The number of carbonyl (C=O) groups excluding carboxylic acids is 1. The predicted octanol–water partition coefficient (Wildman–Crippen LogP) is 3.61. The second-order valence-electron chi connectivity index (χ2n) is 6.08. The second kappa shape index (κ2) is 6.70. The lowest BCUT2D eigenvalue weighted by Gasteiger charge is -2.28. The Morgan fingerprint density at radius 3 is 2.69 bits per heavy atom. The van der Waals surface area contributed by atoms with Gasteiger partial charge in [0.1, 0.15) is 5.69 Å². The largest absolute Gasteiger partial charge is 0.329 e. The van der Waals surface area contributed by atoms with Gasteiger partial charge in [0.05, 0.1) is 22.2 Å². The third-order valence-electron chi connectivity index (χ3n) is 4.34. The van der Waals surface area contributed by atoms with Crippen molar-refractivity contribution in [2.75, 3.05) is 6.54 Å². The molecule has 0 saturated heterocycles. The standard InChI is InChI=1S/C18H15Cl2N5O/c1-11-4-2-7-14(21-11)17-23-22-15-10-24(8-9-25(15)17)18(26)12-5-3-6-13(19)16(12)20/h2-7H,8-10H2,1H3. The first kappa shape index (κ1) is 17.0. The molecule has 0 fully saturated rings. The molecule has 1 aromatic carbocycles. The molecule has 0 bridgehead atoms. The van der Waals surface area contributed by atoms with E-state index in [-0.39, 0.29) is 10.9 Å². The van der Waals surface area contributed by atoms with Crippen LogP contribution in [-0.4, -0.2) is 37.1 Å². The van der Waals surface area contributed by atoms with Crippen LogP contribution in [0.4, 0.5) is 0 Å². The van der Waals surface area contributed by atoms with Crippen LogP contribution in [0.15, 0.2) is 36.4 Å². The number of amides is 1. The molecule has 26 heavy (non-hydrogen) atoms. The molecule has 0 N–H and O–H groups in total. The molecule has 2 aromatic heterocycles. The number of carbonyl (C=O) groups is 1. The van der Waals surface area contributed by atoms with Gasteiger partial charge in [0, 0.05) is 18.8 Å². The highest BCUT2D eigenvalue weighted by Crippen LogP contribution is 2.28. The molecule has 1 aliphatic rings. The van der Waals surface area contributed by atoms with Gasteiger partial charge in [-0.05, 0) is 31.2 Å². The van der Waals surface area contributed by atoms with Gasteiger partial charge in [-0.3, -0.25) is 4.79 Å². The Labute approximate surface area is 160 Å². The highest BCUT2D eigenvalue weighted by Gasteiger charge is 2.27. The van der Waals surface area contributed by atoms with Crippen LogP contribution in [0.5, 0.6) is 0 Å². The van der Waals surface area contributed by atoms with Crippen molar-refractivity contribution < 1.29 is 4.79 Å². The van der Waals surface area contributed by atoms with E-state index in [9.17, 15) is 4.79 Å². The summed E-state index contributed by atoms with van der Waals surface area (Å²) in [6, 6.07) is 10.8. The maximum Gasteiger partial charge on any atom is 0.255 e. The van der Waals surface area contributed by atoms with E-state index in [1.165, 1.54) is 0 Å². The Balaban J connectivity index is 1.61. The normalized spacial score (nSPS) is 13.6. The number of hydrogen-bond acceptors (Lipinski definition) is 4. The Morgan fingerprint density at radius 1 is 1.08 bits per heavy atom. The van der Waals surface area contributed by atoms with Gasteiger partial charge < -0.3 is 9.47 Å². The maximum atomic E-state index is 12.8. The van der Waals surface area contributed by atoms with Gasteiger partial charge in [0.2, 0.25) is 0 Å². The van der Waals surface area contributed by atoms with Gasteiger partial charge in [-0.15, -0.1) is 10.2 Å². The first-order valence-corrected chi connectivity index (χ1v) is 8.89. The van der Waals surface area contributed by atoms with Gasteiger partial charge in [0.15, 0.2) is 11.6 Å². The van der Waals surface area contributed by atoms with Crippen LogP contribution in [0.25, 0.3) is 11.5 Å². The lowest BCUT2D eigenvalue weighted by atomic mass is 10.2. The molecule has 0 atom stereocenters. The summed E-state index contributed by atoms with van der Waals surface area (Å²) in [5.41, 5.74) is 2.09. The zero-order valence-corrected chi connectivity index (χ0v) is 15.5. The molecule has 1 aliphatic heterocycles. The Morgan fingerprint density at radius 2 is 1.88 bits per heavy atom. The molecule has 0 radical (unpaired) electrons. The van der Waals surface area contributed by atoms with Gasteiger partial charge in [0.25, 0.3) is 5.91 Å². The van der Waals surface area contributed by atoms with Crippen LogP contribution in [0.1, 0.15) is 21.9 Å². The van der Waals surface area contributed by atoms with Crippen molar-refractivity contribution in [3.63, 3.8) is 0 Å². The molecule has 1 amide bonds. The minimum atomic E-state index is -0.165. The summed E-state index contributed by atoms with van der Waals surface area (Å²) in [5, 5.41) is 9.16. The van der Waals surface area contributed by atoms with E-state index in [2.05, 4.69) is 15.2 Å². The van der Waals surface area contributed by atoms with Crippen molar-refractivity contribution in [1.82, 2.24) is 24.6 Å². The average Bonchev–Trinajstić information content (AvgIpc) is 3.06. The van der Waals surface area contributed by atoms with Gasteiger partial charge >= 0.3 is 0 Å². The summed E-state index contributed by atoms with van der Waals surface area (Å²) in [4.78, 5) is 19.0. The third kappa shape index (κ3) is 2.95. The maximum absolute atomic E-state index is 12.8. The first-order chi connectivity index (χ1) is 12.5. The number of benzene rings is 1. The second-order valence-corrected chi connectivity index (χ2v) is 6.87. The van der Waals surface area contributed by atoms with E-state index >= 15 is 0 Å². The van der Waals surface area contributed by atoms with E-state index < -0.39 is 0 Å². The summed E-state index contributed by atoms with van der Waals surface area (Å²) in [7, 11) is 0. The molecular weight excluding hydrogens is 373 g/mol. The summed E-state index contributed by atoms with van der Waals surface area (Å²) < 4.78 is 2.01. The predicted molar refractivity (Wildman–Crippen MR) is 99.2 cm³/mol. The quantitative estimate of drug-likeness (QED) is 0.673. The molecule has 0 aliphatic carbocycles. The Kier molecular flexibility index (Phi) is 4.38. The van der Waals surface area contributed by atoms with Crippen molar-refractivity contribution >= 4 is 29.1 Å². The van der Waals surface area contributed by atoms with Crippen LogP contribution >= 0.6 is 23.2 Å². The molecule has 3 aromatic rings. The Bertz CT molecular complexity index is 1000. The lowest BCUT2D eigenvalue weighted by molar-refractivity contribution is 0.0708. The number of aryl methyl sites for hydroxylation is 1. The molecule has 132 valence electrons. The zero-order valence-electron chi connectivity index (χ0n) is 14.0. The fourth-order valence-corrected chi connectivity index (χ4v) is 3.41. The number of nitrogens with zero attached hydrogens (tertiary/aromatic N) is 5. The first-order valence-electron chi connectivity index (χ1n) is 8.14. The van der Waals surface area contributed by atoms with E-state index in [1.807, 2.05) is 29.7 Å². The number of pyridine rings is 1. The molecule has 4 rings (SSSR count). The van der Waals surface area contributed by atoms with Crippen molar-refractivity contribution in [2.45, 2.75) is 20.0 Å². The third-order valence-corrected chi connectivity index (χ3v) is 5.16. The summed E-state index contributed by atoms with van der Waals surface area (Å²) >= 11 is 12.2. The van der Waals surface area contributed by atoms with Crippen molar-refractivity contribution in [3.8, 4) is 11.5 Å². The zero-order chi connectivity index (χ0) is 18.3. The molecule has 6 nitrogen and oxygen atoms in total. The smallest absolute Gasteiger partial charge is 0.255 e. The number of fused-ring (bicyclic) bond motifs is 1. The van der Waals surface area contributed by atoms with E-state index in [0.29, 0.717) is 30.2 Å². The minimum Gasteiger partial charge on any atom is -0.329 e. The van der Waals surface area contributed by atoms with Crippen LogP contribution in [0, 0.1) is 6.92 Å². The Hall–Kier alpha value is -2.44. The fourth-order valence-electron chi connectivity index (χ4n) is 3.03. The van der Waals surface area contributed by atoms with Gasteiger partial charge in [-0.25, -0.2) is 4.98 Å². The van der Waals surface area contributed by atoms with Gasteiger partial charge in [-0.2, -0.15) is 0 Å². The van der Waals surface area contributed by atoms with Crippen LogP contribution < -0.4 is 0 Å². The number of rotatable bonds is 2. The summed E-state index contributed by atoms with van der Waals surface area (Å²) in [6.07, 6.45) is 0. The average molecular weight is 388 g/mol. The lowest BCUT2D eigenvalue weighted by Crippen LogP contribution is -2.38. The highest BCUT2D eigenvalue weighted by atomic mass is 35.5. The molecule has 0 spiro atoms. The topological polar surface area (TPSA) is 63.9 Å². The number of halogens is 2. The van der Waals surface area contributed by atoms with Crippen LogP contribution in [0.2, 0.25) is 10.0 Å². The van der Waals surface area contributed by atoms with Crippen molar-refractivity contribution in [1.29, 1.82) is 0 Å². The number of aromatic nitrogens is 4. The van der Waals surface area contributed by atoms with E-state index in [0.717, 1.165) is 23.0 Å². The molecular formula is C18H15Cl2N5O. The summed E-state index contributed by atoms with van der Waals surface area (Å²) in [6.45, 7) is 3.43. The SMILES string of the molecule is Cc1cccc(-c2nnc3n2CCN(C(=O)c2cccc(Cl)c2Cl)C3)n1. The monoisotopic (exact) mass is 387 g/mol. The minimum absolute atomic E-state index is 0.165. The van der Waals surface area contributed by atoms with E-state index in [4.69, 9.17) is 23.2 Å². The van der Waals surface area contributed by atoms with Gasteiger partial charge in [-0.1, -0.05) is 35.3 Å². The molecule has 0 saturated carbocycles. The van der Waals surface area contributed by atoms with Crippen LogP contribution in [0.3, 0.4) is 0 Å². The summed E-state index contributed by atoms with van der Waals surface area (Å²) in [5.74, 6) is 1.28. The highest BCUT2D eigenvalue weighted by molar-refractivity contribution is 6.43. The van der Waals surface area contributed by atoms with Crippen LogP contribution in [-0.2, 0) is 13.1 Å². The molecule has 8 heteroatoms. The van der Waals surface area contributed by atoms with Crippen molar-refractivity contribution in [2.24, 2.45) is 0 Å². The fraction of sp³-hybridized carbons (Fsp3) is 0.222. The molecule has 3 heterocycles. The van der Waals surface area contributed by atoms with E-state index in [1.54, 1.807) is 23.1 Å². The van der Waals surface area contributed by atoms with Crippen molar-refractivity contribution in [3.05, 3.63) is 63.5 Å². The molecule has 0 unspecified atom stereocenters. The number of hydrogen-bond donors (Lipinski definition) is 0.